The molecule has 2 amide bonds. The van der Waals surface area contributed by atoms with Crippen LogP contribution in [0.15, 0.2) is 30.3 Å². The van der Waals surface area contributed by atoms with Crippen LogP contribution in [0.25, 0.3) is 0 Å². The van der Waals surface area contributed by atoms with E-state index in [1.165, 1.54) is 4.90 Å². The largest absolute Gasteiger partial charge is 0.396 e. The molecule has 1 saturated heterocycles. The van der Waals surface area contributed by atoms with Gasteiger partial charge in [-0.15, -0.1) is 0 Å². The maximum absolute atomic E-state index is 12.2. The van der Waals surface area contributed by atoms with E-state index in [-0.39, 0.29) is 30.3 Å². The highest BCUT2D eigenvalue weighted by atomic mass is 16.3. The van der Waals surface area contributed by atoms with Crippen LogP contribution < -0.4 is 0 Å². The van der Waals surface area contributed by atoms with Gasteiger partial charge in [-0.05, 0) is 12.5 Å². The summed E-state index contributed by atoms with van der Waals surface area (Å²) in [6.45, 7) is 2.03. The quantitative estimate of drug-likeness (QED) is 0.801. The van der Waals surface area contributed by atoms with E-state index in [9.17, 15) is 9.59 Å². The van der Waals surface area contributed by atoms with Crippen LogP contribution in [0.5, 0.6) is 0 Å². The van der Waals surface area contributed by atoms with E-state index in [1.54, 1.807) is 6.92 Å². The molecule has 0 spiro atoms. The number of hydrogen-bond acceptors (Lipinski definition) is 3. The molecule has 1 saturated carbocycles. The van der Waals surface area contributed by atoms with Crippen molar-refractivity contribution in [1.82, 2.24) is 4.90 Å². The van der Waals surface area contributed by atoms with E-state index < -0.39 is 5.41 Å². The molecule has 3 unspecified atom stereocenters. The number of fused-ring (bicyclic) bond motifs is 1. The predicted octanol–water partition coefficient (Wildman–Crippen LogP) is 0.800. The second-order valence-corrected chi connectivity index (χ2v) is 5.26. The molecular weight excluding hydrogens is 230 g/mol. The summed E-state index contributed by atoms with van der Waals surface area (Å²) in [6.07, 6.45) is 0. The summed E-state index contributed by atoms with van der Waals surface area (Å²) in [6, 6.07) is 9.48. The molecule has 1 heterocycles. The van der Waals surface area contributed by atoms with Gasteiger partial charge in [-0.25, -0.2) is 0 Å². The molecule has 4 nitrogen and oxygen atoms in total. The molecule has 3 rings (SSSR count). The summed E-state index contributed by atoms with van der Waals surface area (Å²) in [4.78, 5) is 25.7. The van der Waals surface area contributed by atoms with Crippen LogP contribution in [0.1, 0.15) is 12.5 Å². The second kappa shape index (κ2) is 3.65. The van der Waals surface area contributed by atoms with Gasteiger partial charge in [0, 0.05) is 12.5 Å². The summed E-state index contributed by atoms with van der Waals surface area (Å²) in [7, 11) is 0. The molecule has 1 N–H and O–H groups in total. The fraction of sp³-hybridized carbons (Fsp3) is 0.429. The smallest absolute Gasteiger partial charge is 0.236 e. The number of carbonyl (C=O) groups excluding carboxylic acids is 2. The Morgan fingerprint density at radius 1 is 1.28 bits per heavy atom. The van der Waals surface area contributed by atoms with Crippen molar-refractivity contribution in [2.45, 2.75) is 13.5 Å². The number of benzene rings is 1. The first kappa shape index (κ1) is 11.4. The number of carbonyl (C=O) groups is 2. The summed E-state index contributed by atoms with van der Waals surface area (Å²) < 4.78 is 0. The third kappa shape index (κ3) is 1.29. The first-order valence-electron chi connectivity index (χ1n) is 6.11. The highest BCUT2D eigenvalue weighted by Crippen LogP contribution is 2.64. The Kier molecular flexibility index (Phi) is 2.32. The summed E-state index contributed by atoms with van der Waals surface area (Å²) >= 11 is 0. The molecule has 2 aliphatic rings. The van der Waals surface area contributed by atoms with Crippen LogP contribution >= 0.6 is 0 Å². The molecule has 1 aromatic carbocycles. The molecule has 1 aliphatic carbocycles. The fourth-order valence-electron chi connectivity index (χ4n) is 3.09. The van der Waals surface area contributed by atoms with Gasteiger partial charge in [0.1, 0.15) is 0 Å². The standard InChI is InChI=1S/C14H15NO3/c1-14-10(8-16)11(14)12(17)15(13(14)18)7-9-5-3-2-4-6-9/h2-6,10-11,16H,7-8H2,1H3. The van der Waals surface area contributed by atoms with Crippen molar-refractivity contribution in [3.8, 4) is 0 Å². The molecule has 2 fully saturated rings. The Labute approximate surface area is 105 Å². The van der Waals surface area contributed by atoms with E-state index in [0.717, 1.165) is 5.56 Å². The van der Waals surface area contributed by atoms with E-state index in [2.05, 4.69) is 0 Å². The Hall–Kier alpha value is -1.68. The van der Waals surface area contributed by atoms with Crippen LogP contribution in [0.2, 0.25) is 0 Å². The summed E-state index contributed by atoms with van der Waals surface area (Å²) in [5.41, 5.74) is 0.297. The zero-order valence-corrected chi connectivity index (χ0v) is 10.2. The van der Waals surface area contributed by atoms with Gasteiger partial charge < -0.3 is 5.11 Å². The molecule has 0 bridgehead atoms. The Morgan fingerprint density at radius 2 is 1.94 bits per heavy atom. The number of imide groups is 1. The van der Waals surface area contributed by atoms with Gasteiger partial charge in [0.25, 0.3) is 0 Å². The van der Waals surface area contributed by atoms with Crippen molar-refractivity contribution < 1.29 is 14.7 Å². The van der Waals surface area contributed by atoms with Crippen LogP contribution in [0.3, 0.4) is 0 Å². The van der Waals surface area contributed by atoms with Gasteiger partial charge in [0.15, 0.2) is 0 Å². The Bertz CT molecular complexity index is 513. The first-order chi connectivity index (χ1) is 8.60. The fourth-order valence-corrected chi connectivity index (χ4v) is 3.09. The molecule has 4 heteroatoms. The van der Waals surface area contributed by atoms with Gasteiger partial charge >= 0.3 is 0 Å². The first-order valence-corrected chi connectivity index (χ1v) is 6.11. The minimum Gasteiger partial charge on any atom is -0.396 e. The zero-order chi connectivity index (χ0) is 12.9. The molecule has 18 heavy (non-hydrogen) atoms. The van der Waals surface area contributed by atoms with E-state index in [4.69, 9.17) is 5.11 Å². The maximum Gasteiger partial charge on any atom is 0.236 e. The lowest BCUT2D eigenvalue weighted by Gasteiger charge is -2.20. The number of aliphatic hydroxyl groups excluding tert-OH is 1. The lowest BCUT2D eigenvalue weighted by Crippen LogP contribution is -2.36. The van der Waals surface area contributed by atoms with Crippen LogP contribution in [-0.4, -0.2) is 28.4 Å². The van der Waals surface area contributed by atoms with Crippen molar-refractivity contribution in [2.75, 3.05) is 6.61 Å². The maximum atomic E-state index is 12.2. The van der Waals surface area contributed by atoms with Crippen molar-refractivity contribution in [1.29, 1.82) is 0 Å². The van der Waals surface area contributed by atoms with Crippen molar-refractivity contribution in [3.05, 3.63) is 35.9 Å². The molecular formula is C14H15NO3. The minimum absolute atomic E-state index is 0.0855. The van der Waals surface area contributed by atoms with Crippen molar-refractivity contribution >= 4 is 11.8 Å². The Balaban J connectivity index is 1.81. The number of rotatable bonds is 3. The predicted molar refractivity (Wildman–Crippen MR) is 64.2 cm³/mol. The molecule has 0 aromatic heterocycles. The zero-order valence-electron chi connectivity index (χ0n) is 10.2. The average molecular weight is 245 g/mol. The van der Waals surface area contributed by atoms with E-state index >= 15 is 0 Å². The van der Waals surface area contributed by atoms with Crippen molar-refractivity contribution in [2.24, 2.45) is 17.3 Å². The highest BCUT2D eigenvalue weighted by Gasteiger charge is 2.75. The minimum atomic E-state index is -0.652. The molecule has 1 aromatic rings. The number of hydrogen-bond donors (Lipinski definition) is 1. The van der Waals surface area contributed by atoms with E-state index in [0.29, 0.717) is 6.54 Å². The Morgan fingerprint density at radius 3 is 2.44 bits per heavy atom. The average Bonchev–Trinajstić information content (AvgIpc) is 2.96. The van der Waals surface area contributed by atoms with Gasteiger partial charge in [-0.2, -0.15) is 0 Å². The monoisotopic (exact) mass is 245 g/mol. The number of likely N-dealkylation sites (tertiary alicyclic amines) is 1. The van der Waals surface area contributed by atoms with Crippen molar-refractivity contribution in [3.63, 3.8) is 0 Å². The highest BCUT2D eigenvalue weighted by molar-refractivity contribution is 6.11. The van der Waals surface area contributed by atoms with Gasteiger partial charge in [-0.1, -0.05) is 30.3 Å². The number of piperidine rings is 1. The lowest BCUT2D eigenvalue weighted by atomic mass is 10.1. The normalized spacial score (nSPS) is 33.8. The molecule has 94 valence electrons. The summed E-state index contributed by atoms with van der Waals surface area (Å²) in [5.74, 6) is -0.756. The lowest BCUT2D eigenvalue weighted by molar-refractivity contribution is -0.144. The number of nitrogens with zero attached hydrogens (tertiary/aromatic N) is 1. The van der Waals surface area contributed by atoms with Crippen LogP contribution in [0, 0.1) is 17.3 Å². The van der Waals surface area contributed by atoms with Crippen LogP contribution in [0.4, 0.5) is 0 Å². The third-order valence-corrected chi connectivity index (χ3v) is 4.33. The second-order valence-electron chi connectivity index (χ2n) is 5.26. The van der Waals surface area contributed by atoms with Gasteiger partial charge in [0.2, 0.25) is 11.8 Å². The van der Waals surface area contributed by atoms with E-state index in [1.807, 2.05) is 30.3 Å². The topological polar surface area (TPSA) is 57.6 Å². The summed E-state index contributed by atoms with van der Waals surface area (Å²) in [5, 5.41) is 9.17. The molecule has 0 radical (unpaired) electrons. The third-order valence-electron chi connectivity index (χ3n) is 4.33. The SMILES string of the molecule is CC12C(=O)N(Cc3ccccc3)C(=O)C1C2CO. The number of aliphatic hydroxyl groups is 1. The van der Waals surface area contributed by atoms with Gasteiger partial charge in [-0.3, -0.25) is 14.5 Å². The molecule has 3 atom stereocenters. The number of amides is 2. The van der Waals surface area contributed by atoms with Gasteiger partial charge in [0.05, 0.1) is 17.9 Å². The van der Waals surface area contributed by atoms with Crippen LogP contribution in [-0.2, 0) is 16.1 Å². The molecule has 1 aliphatic heterocycles.